The van der Waals surface area contributed by atoms with Crippen LogP contribution in [0.2, 0.25) is 0 Å². The van der Waals surface area contributed by atoms with Gasteiger partial charge in [-0.05, 0) is 35.6 Å². The summed E-state index contributed by atoms with van der Waals surface area (Å²) < 4.78 is 42.8. The Labute approximate surface area is 219 Å². The van der Waals surface area contributed by atoms with E-state index >= 15 is 0 Å². The maximum Gasteiger partial charge on any atom is 0.433 e. The van der Waals surface area contributed by atoms with Gasteiger partial charge in [-0.25, -0.2) is 9.50 Å². The predicted octanol–water partition coefficient (Wildman–Crippen LogP) is 5.80. The molecule has 198 valence electrons. The second-order valence-electron chi connectivity index (χ2n) is 10.1. The van der Waals surface area contributed by atoms with Crippen LogP contribution in [-0.4, -0.2) is 56.5 Å². The van der Waals surface area contributed by atoms with Gasteiger partial charge in [0.2, 0.25) is 0 Å². The molecule has 2 aromatic heterocycles. The number of aryl methyl sites for hydroxylation is 1. The zero-order valence-corrected chi connectivity index (χ0v) is 21.7. The largest absolute Gasteiger partial charge is 0.433 e. The molecule has 2 aromatic carbocycles. The fraction of sp³-hybridized carbons (Fsp3) is 0.345. The summed E-state index contributed by atoms with van der Waals surface area (Å²) in [7, 11) is 0. The average Bonchev–Trinajstić information content (AvgIpc) is 3.33. The maximum absolute atomic E-state index is 14.0. The lowest BCUT2D eigenvalue weighted by atomic mass is 10.0. The van der Waals surface area contributed by atoms with E-state index in [1.807, 2.05) is 24.3 Å². The van der Waals surface area contributed by atoms with Crippen LogP contribution in [0.4, 0.5) is 13.2 Å². The predicted molar refractivity (Wildman–Crippen MR) is 140 cm³/mol. The second-order valence-corrected chi connectivity index (χ2v) is 10.1. The molecular weight excluding hydrogens is 491 g/mol. The Balaban J connectivity index is 1.38. The van der Waals surface area contributed by atoms with Crippen LogP contribution in [0.25, 0.3) is 16.9 Å². The van der Waals surface area contributed by atoms with Crippen molar-refractivity contribution in [2.75, 3.05) is 26.2 Å². The summed E-state index contributed by atoms with van der Waals surface area (Å²) in [5, 5.41) is 4.05. The highest BCUT2D eigenvalue weighted by molar-refractivity contribution is 5.93. The molecule has 3 heterocycles. The lowest BCUT2D eigenvalue weighted by molar-refractivity contribution is -0.142. The average molecular weight is 522 g/mol. The highest BCUT2D eigenvalue weighted by atomic mass is 19.4. The number of hydrogen-bond donors (Lipinski definition) is 0. The molecule has 1 fully saturated rings. The van der Waals surface area contributed by atoms with Crippen molar-refractivity contribution >= 4 is 11.6 Å². The number of rotatable bonds is 5. The third-order valence-corrected chi connectivity index (χ3v) is 7.12. The van der Waals surface area contributed by atoms with Gasteiger partial charge in [-0.3, -0.25) is 9.69 Å². The van der Waals surface area contributed by atoms with Gasteiger partial charge in [0.1, 0.15) is 0 Å². The Kier molecular flexibility index (Phi) is 6.96. The monoisotopic (exact) mass is 521 g/mol. The molecule has 0 unspecified atom stereocenters. The first-order valence-electron chi connectivity index (χ1n) is 12.7. The smallest absolute Gasteiger partial charge is 0.335 e. The SMILES string of the molecule is Cc1ccccc1CN1CCN(C(=O)c2cc3nc(-c4ccc(C(C)C)cc4)cc(C(F)(F)F)n3n2)CC1. The summed E-state index contributed by atoms with van der Waals surface area (Å²) in [4.78, 5) is 21.6. The van der Waals surface area contributed by atoms with Gasteiger partial charge in [0.05, 0.1) is 5.69 Å². The first-order chi connectivity index (χ1) is 18.1. The number of halogens is 3. The van der Waals surface area contributed by atoms with Crippen LogP contribution in [0.3, 0.4) is 0 Å². The van der Waals surface area contributed by atoms with E-state index in [1.165, 1.54) is 17.2 Å². The highest BCUT2D eigenvalue weighted by Gasteiger charge is 2.36. The lowest BCUT2D eigenvalue weighted by Gasteiger charge is -2.34. The van der Waals surface area contributed by atoms with Crippen molar-refractivity contribution in [2.45, 2.75) is 39.4 Å². The van der Waals surface area contributed by atoms with Gasteiger partial charge in [0, 0.05) is 44.4 Å². The van der Waals surface area contributed by atoms with Crippen molar-refractivity contribution in [2.24, 2.45) is 0 Å². The van der Waals surface area contributed by atoms with Gasteiger partial charge in [0.15, 0.2) is 17.0 Å². The maximum atomic E-state index is 14.0. The normalized spacial score (nSPS) is 15.0. The van der Waals surface area contributed by atoms with E-state index < -0.39 is 11.9 Å². The van der Waals surface area contributed by atoms with Crippen molar-refractivity contribution < 1.29 is 18.0 Å². The number of carbonyl (C=O) groups is 1. The third kappa shape index (κ3) is 5.29. The Morgan fingerprint density at radius 1 is 0.974 bits per heavy atom. The number of piperazine rings is 1. The van der Waals surface area contributed by atoms with Gasteiger partial charge < -0.3 is 4.90 Å². The number of benzene rings is 2. The standard InChI is InChI=1S/C29H30F3N5O/c1-19(2)21-8-10-22(11-9-21)24-16-26(29(30,31)32)37-27(33-24)17-25(34-37)28(38)36-14-12-35(13-15-36)18-23-7-5-4-6-20(23)3/h4-11,16-17,19H,12-15,18H2,1-3H3. The molecule has 0 N–H and O–H groups in total. The van der Waals surface area contributed by atoms with E-state index in [1.54, 1.807) is 17.0 Å². The van der Waals surface area contributed by atoms with Crippen LogP contribution in [0.5, 0.6) is 0 Å². The molecule has 0 saturated carbocycles. The van der Waals surface area contributed by atoms with Gasteiger partial charge in [-0.15, -0.1) is 0 Å². The summed E-state index contributed by atoms with van der Waals surface area (Å²) in [5.41, 5.74) is 3.29. The second kappa shape index (κ2) is 10.2. The molecule has 0 bridgehead atoms. The van der Waals surface area contributed by atoms with E-state index in [2.05, 4.69) is 47.9 Å². The Morgan fingerprint density at radius 3 is 2.29 bits per heavy atom. The van der Waals surface area contributed by atoms with Gasteiger partial charge in [-0.1, -0.05) is 62.4 Å². The molecule has 4 aromatic rings. The molecule has 0 spiro atoms. The number of aromatic nitrogens is 3. The summed E-state index contributed by atoms with van der Waals surface area (Å²) in [6.45, 7) is 9.28. The molecule has 38 heavy (non-hydrogen) atoms. The quantitative estimate of drug-likeness (QED) is 0.333. The molecule has 1 amide bonds. The van der Waals surface area contributed by atoms with Crippen molar-refractivity contribution in [3.8, 4) is 11.3 Å². The van der Waals surface area contributed by atoms with Crippen LogP contribution < -0.4 is 0 Å². The topological polar surface area (TPSA) is 53.7 Å². The molecule has 1 saturated heterocycles. The van der Waals surface area contributed by atoms with E-state index in [9.17, 15) is 18.0 Å². The van der Waals surface area contributed by atoms with Crippen molar-refractivity contribution in [1.29, 1.82) is 0 Å². The summed E-state index contributed by atoms with van der Waals surface area (Å²) >= 11 is 0. The van der Waals surface area contributed by atoms with Gasteiger partial charge >= 0.3 is 6.18 Å². The fourth-order valence-corrected chi connectivity index (χ4v) is 4.77. The molecule has 6 nitrogen and oxygen atoms in total. The number of amides is 1. The number of carbonyl (C=O) groups excluding carboxylic acids is 1. The van der Waals surface area contributed by atoms with Crippen LogP contribution >= 0.6 is 0 Å². The van der Waals surface area contributed by atoms with Crippen molar-refractivity contribution in [1.82, 2.24) is 24.4 Å². The zero-order chi connectivity index (χ0) is 27.0. The van der Waals surface area contributed by atoms with Gasteiger partial charge in [0.25, 0.3) is 5.91 Å². The first kappa shape index (κ1) is 25.9. The van der Waals surface area contributed by atoms with E-state index in [0.717, 1.165) is 22.7 Å². The Morgan fingerprint density at radius 2 is 1.66 bits per heavy atom. The lowest BCUT2D eigenvalue weighted by Crippen LogP contribution is -2.48. The fourth-order valence-electron chi connectivity index (χ4n) is 4.77. The highest BCUT2D eigenvalue weighted by Crippen LogP contribution is 2.33. The van der Waals surface area contributed by atoms with E-state index in [0.29, 0.717) is 37.7 Å². The Bertz CT molecular complexity index is 1450. The minimum atomic E-state index is -4.67. The van der Waals surface area contributed by atoms with Crippen LogP contribution in [-0.2, 0) is 12.7 Å². The molecule has 0 atom stereocenters. The number of alkyl halides is 3. The molecular formula is C29H30F3N5O. The minimum Gasteiger partial charge on any atom is -0.335 e. The summed E-state index contributed by atoms with van der Waals surface area (Å²) in [6.07, 6.45) is -4.67. The molecule has 9 heteroatoms. The van der Waals surface area contributed by atoms with Crippen LogP contribution in [0.15, 0.2) is 60.7 Å². The molecule has 1 aliphatic heterocycles. The summed E-state index contributed by atoms with van der Waals surface area (Å²) in [5.74, 6) is -0.0834. The number of fused-ring (bicyclic) bond motifs is 1. The number of nitrogens with zero attached hydrogens (tertiary/aromatic N) is 5. The van der Waals surface area contributed by atoms with Crippen LogP contribution in [0, 0.1) is 6.92 Å². The molecule has 1 aliphatic rings. The molecule has 0 radical (unpaired) electrons. The third-order valence-electron chi connectivity index (χ3n) is 7.12. The van der Waals surface area contributed by atoms with Crippen molar-refractivity contribution in [3.05, 3.63) is 88.7 Å². The first-order valence-corrected chi connectivity index (χ1v) is 12.7. The molecule has 0 aliphatic carbocycles. The molecule has 5 rings (SSSR count). The van der Waals surface area contributed by atoms with E-state index in [4.69, 9.17) is 0 Å². The van der Waals surface area contributed by atoms with Crippen molar-refractivity contribution in [3.63, 3.8) is 0 Å². The minimum absolute atomic E-state index is 0.00991. The zero-order valence-electron chi connectivity index (χ0n) is 21.7. The van der Waals surface area contributed by atoms with Gasteiger partial charge in [-0.2, -0.15) is 18.3 Å². The summed E-state index contributed by atoms with van der Waals surface area (Å²) in [6, 6.07) is 17.9. The Hall–Kier alpha value is -3.72. The van der Waals surface area contributed by atoms with Crippen LogP contribution in [0.1, 0.15) is 52.6 Å². The van der Waals surface area contributed by atoms with E-state index in [-0.39, 0.29) is 22.9 Å². The number of hydrogen-bond acceptors (Lipinski definition) is 4.